The van der Waals surface area contributed by atoms with E-state index in [0.29, 0.717) is 5.69 Å². The van der Waals surface area contributed by atoms with Gasteiger partial charge in [0, 0.05) is 12.4 Å². The molecule has 0 unspecified atom stereocenters. The van der Waals surface area contributed by atoms with Crippen LogP contribution in [0.15, 0.2) is 58.4 Å². The Labute approximate surface area is 87.1 Å². The molecule has 1 aromatic heterocycles. The Kier molecular flexibility index (Phi) is 2.74. The van der Waals surface area contributed by atoms with Crippen molar-refractivity contribution in [1.29, 1.82) is 0 Å². The SMILES string of the molecule is O=c1[nH]cccc1N=Cc1ccccc1. The van der Waals surface area contributed by atoms with Crippen molar-refractivity contribution in [2.75, 3.05) is 0 Å². The van der Waals surface area contributed by atoms with Crippen molar-refractivity contribution in [3.63, 3.8) is 0 Å². The van der Waals surface area contributed by atoms with Crippen LogP contribution in [0.4, 0.5) is 5.69 Å². The highest BCUT2D eigenvalue weighted by Gasteiger charge is 1.92. The topological polar surface area (TPSA) is 45.2 Å². The molecule has 0 aliphatic rings. The highest BCUT2D eigenvalue weighted by atomic mass is 16.1. The smallest absolute Gasteiger partial charge is 0.273 e. The fourth-order valence-corrected chi connectivity index (χ4v) is 1.20. The van der Waals surface area contributed by atoms with Gasteiger partial charge < -0.3 is 4.98 Å². The van der Waals surface area contributed by atoms with Crippen LogP contribution in [-0.2, 0) is 0 Å². The molecule has 0 atom stereocenters. The van der Waals surface area contributed by atoms with Crippen molar-refractivity contribution in [3.05, 3.63) is 64.6 Å². The molecule has 0 saturated heterocycles. The molecule has 3 nitrogen and oxygen atoms in total. The van der Waals surface area contributed by atoms with Gasteiger partial charge in [0.15, 0.2) is 0 Å². The van der Waals surface area contributed by atoms with Crippen molar-refractivity contribution in [2.24, 2.45) is 4.99 Å². The van der Waals surface area contributed by atoms with Gasteiger partial charge in [0.2, 0.25) is 0 Å². The van der Waals surface area contributed by atoms with E-state index in [4.69, 9.17) is 0 Å². The predicted molar refractivity (Wildman–Crippen MR) is 60.8 cm³/mol. The molecular weight excluding hydrogens is 188 g/mol. The molecular formula is C12H10N2O. The van der Waals surface area contributed by atoms with E-state index in [1.54, 1.807) is 24.5 Å². The number of aromatic amines is 1. The molecule has 3 heteroatoms. The number of aliphatic imine (C=N–C) groups is 1. The van der Waals surface area contributed by atoms with Gasteiger partial charge in [-0.2, -0.15) is 0 Å². The lowest BCUT2D eigenvalue weighted by atomic mass is 10.2. The van der Waals surface area contributed by atoms with Crippen molar-refractivity contribution < 1.29 is 0 Å². The molecule has 0 amide bonds. The zero-order chi connectivity index (χ0) is 10.5. The minimum Gasteiger partial charge on any atom is -0.327 e. The summed E-state index contributed by atoms with van der Waals surface area (Å²) in [6.07, 6.45) is 3.26. The Morgan fingerprint density at radius 3 is 2.60 bits per heavy atom. The lowest BCUT2D eigenvalue weighted by Gasteiger charge is -1.92. The quantitative estimate of drug-likeness (QED) is 0.738. The largest absolute Gasteiger partial charge is 0.327 e. The van der Waals surface area contributed by atoms with E-state index in [1.807, 2.05) is 30.3 Å². The zero-order valence-corrected chi connectivity index (χ0v) is 8.05. The summed E-state index contributed by atoms with van der Waals surface area (Å²) in [6.45, 7) is 0. The van der Waals surface area contributed by atoms with Crippen LogP contribution in [0.1, 0.15) is 5.56 Å². The number of pyridine rings is 1. The minimum absolute atomic E-state index is 0.176. The summed E-state index contributed by atoms with van der Waals surface area (Å²) in [7, 11) is 0. The Morgan fingerprint density at radius 2 is 1.87 bits per heavy atom. The van der Waals surface area contributed by atoms with Gasteiger partial charge >= 0.3 is 0 Å². The van der Waals surface area contributed by atoms with Crippen molar-refractivity contribution in [2.45, 2.75) is 0 Å². The molecule has 0 bridgehead atoms. The maximum atomic E-state index is 11.3. The van der Waals surface area contributed by atoms with Gasteiger partial charge in [-0.15, -0.1) is 0 Å². The van der Waals surface area contributed by atoms with Gasteiger partial charge in [-0.3, -0.25) is 9.79 Å². The Balaban J connectivity index is 2.27. The third-order valence-corrected chi connectivity index (χ3v) is 1.95. The number of rotatable bonds is 2. The number of nitrogens with one attached hydrogen (secondary N) is 1. The Bertz CT molecular complexity index is 514. The summed E-state index contributed by atoms with van der Waals surface area (Å²) < 4.78 is 0. The summed E-state index contributed by atoms with van der Waals surface area (Å²) in [5.74, 6) is 0. The Morgan fingerprint density at radius 1 is 1.07 bits per heavy atom. The zero-order valence-electron chi connectivity index (χ0n) is 8.05. The van der Waals surface area contributed by atoms with Crippen molar-refractivity contribution in [3.8, 4) is 0 Å². The number of aromatic nitrogens is 1. The van der Waals surface area contributed by atoms with Gasteiger partial charge in [0.25, 0.3) is 5.56 Å². The molecule has 0 saturated carbocycles. The average molecular weight is 198 g/mol. The maximum Gasteiger partial charge on any atom is 0.273 e. The van der Waals surface area contributed by atoms with Gasteiger partial charge in [-0.1, -0.05) is 30.3 Å². The molecule has 0 aliphatic carbocycles. The average Bonchev–Trinajstić information content (AvgIpc) is 2.29. The van der Waals surface area contributed by atoms with Crippen LogP contribution in [0.3, 0.4) is 0 Å². The molecule has 0 aliphatic heterocycles. The fraction of sp³-hybridized carbons (Fsp3) is 0. The fourth-order valence-electron chi connectivity index (χ4n) is 1.20. The van der Waals surface area contributed by atoms with Crippen LogP contribution in [0.25, 0.3) is 0 Å². The maximum absolute atomic E-state index is 11.3. The second-order valence-corrected chi connectivity index (χ2v) is 3.05. The normalized spacial score (nSPS) is 10.7. The second kappa shape index (κ2) is 4.37. The van der Waals surface area contributed by atoms with Crippen LogP contribution in [-0.4, -0.2) is 11.2 Å². The van der Waals surface area contributed by atoms with E-state index in [1.165, 1.54) is 0 Å². The molecule has 0 spiro atoms. The molecule has 2 rings (SSSR count). The summed E-state index contributed by atoms with van der Waals surface area (Å²) >= 11 is 0. The van der Waals surface area contributed by atoms with Gasteiger partial charge in [0.1, 0.15) is 5.69 Å². The predicted octanol–water partition coefficient (Wildman–Crippen LogP) is 2.13. The lowest BCUT2D eigenvalue weighted by molar-refractivity contribution is 1.22. The molecule has 15 heavy (non-hydrogen) atoms. The van der Waals surface area contributed by atoms with Crippen LogP contribution >= 0.6 is 0 Å². The molecule has 1 heterocycles. The molecule has 0 radical (unpaired) electrons. The summed E-state index contributed by atoms with van der Waals surface area (Å²) in [5, 5.41) is 0. The van der Waals surface area contributed by atoms with E-state index in [-0.39, 0.29) is 5.56 Å². The minimum atomic E-state index is -0.176. The van der Waals surface area contributed by atoms with E-state index in [2.05, 4.69) is 9.98 Å². The van der Waals surface area contributed by atoms with E-state index < -0.39 is 0 Å². The summed E-state index contributed by atoms with van der Waals surface area (Å²) in [5.41, 5.74) is 1.21. The summed E-state index contributed by atoms with van der Waals surface area (Å²) in [6, 6.07) is 13.1. The lowest BCUT2D eigenvalue weighted by Crippen LogP contribution is -2.02. The first-order chi connectivity index (χ1) is 7.36. The van der Waals surface area contributed by atoms with E-state index in [9.17, 15) is 4.79 Å². The molecule has 1 aromatic carbocycles. The first-order valence-electron chi connectivity index (χ1n) is 4.63. The van der Waals surface area contributed by atoms with Gasteiger partial charge in [-0.05, 0) is 17.7 Å². The number of H-pyrrole nitrogens is 1. The van der Waals surface area contributed by atoms with Crippen LogP contribution < -0.4 is 5.56 Å². The summed E-state index contributed by atoms with van der Waals surface area (Å²) in [4.78, 5) is 17.9. The van der Waals surface area contributed by atoms with Crippen LogP contribution in [0.2, 0.25) is 0 Å². The number of nitrogens with zero attached hydrogens (tertiary/aromatic N) is 1. The molecule has 74 valence electrons. The van der Waals surface area contributed by atoms with E-state index in [0.717, 1.165) is 5.56 Å². The van der Waals surface area contributed by atoms with Crippen LogP contribution in [0.5, 0.6) is 0 Å². The second-order valence-electron chi connectivity index (χ2n) is 3.05. The van der Waals surface area contributed by atoms with Gasteiger partial charge in [-0.25, -0.2) is 0 Å². The third kappa shape index (κ3) is 2.40. The molecule has 0 fully saturated rings. The van der Waals surface area contributed by atoms with E-state index >= 15 is 0 Å². The van der Waals surface area contributed by atoms with Gasteiger partial charge in [0.05, 0.1) is 0 Å². The number of hydrogen-bond donors (Lipinski definition) is 1. The number of benzene rings is 1. The highest BCUT2D eigenvalue weighted by molar-refractivity contribution is 5.81. The Hall–Kier alpha value is -2.16. The van der Waals surface area contributed by atoms with Crippen LogP contribution in [0, 0.1) is 0 Å². The van der Waals surface area contributed by atoms with Crippen molar-refractivity contribution >= 4 is 11.9 Å². The first kappa shape index (κ1) is 9.40. The highest BCUT2D eigenvalue weighted by Crippen LogP contribution is 2.02. The van der Waals surface area contributed by atoms with Crippen molar-refractivity contribution in [1.82, 2.24) is 4.98 Å². The third-order valence-electron chi connectivity index (χ3n) is 1.95. The molecule has 2 aromatic rings. The standard InChI is InChI=1S/C12H10N2O/c15-12-11(7-4-8-13-12)14-9-10-5-2-1-3-6-10/h1-9H,(H,13,15). The number of hydrogen-bond acceptors (Lipinski definition) is 2. The first-order valence-corrected chi connectivity index (χ1v) is 4.63. The molecule has 1 N–H and O–H groups in total. The monoisotopic (exact) mass is 198 g/mol.